The standard InChI is InChI=1S/C22H27N3O3/c1-6-15(5)11-16-12-18(21(28-7-2)13-17(16)23)24-22(26)20-10-8-9-19(14(3)4)25(20)27/h6,8-15,23H,1,7H2,2-5H3,(H-,24,26,27)/p+1/b16-11-,23-17?. The van der Waals surface area contributed by atoms with Crippen LogP contribution in [0.15, 0.2) is 66.1 Å². The van der Waals surface area contributed by atoms with Crippen molar-refractivity contribution in [2.75, 3.05) is 6.61 Å². The Hall–Kier alpha value is -3.15. The van der Waals surface area contributed by atoms with Gasteiger partial charge in [-0.2, -0.15) is 0 Å². The highest BCUT2D eigenvalue weighted by molar-refractivity contribution is 6.10. The van der Waals surface area contributed by atoms with Crippen molar-refractivity contribution < 1.29 is 19.5 Å². The molecule has 0 aliphatic heterocycles. The highest BCUT2D eigenvalue weighted by atomic mass is 16.5. The van der Waals surface area contributed by atoms with Gasteiger partial charge in [-0.15, -0.1) is 6.58 Å². The molecule has 0 bridgehead atoms. The molecule has 0 aromatic carbocycles. The first-order valence-corrected chi connectivity index (χ1v) is 9.33. The van der Waals surface area contributed by atoms with Crippen molar-refractivity contribution in [3.8, 4) is 0 Å². The molecule has 1 aliphatic carbocycles. The molecule has 1 aromatic rings. The second-order valence-electron chi connectivity index (χ2n) is 6.89. The zero-order valence-electron chi connectivity index (χ0n) is 16.8. The molecule has 0 saturated carbocycles. The van der Waals surface area contributed by atoms with Gasteiger partial charge in [0.2, 0.25) is 5.69 Å². The predicted octanol–water partition coefficient (Wildman–Crippen LogP) is 3.65. The second-order valence-corrected chi connectivity index (χ2v) is 6.89. The first-order chi connectivity index (χ1) is 13.3. The first-order valence-electron chi connectivity index (χ1n) is 9.33. The van der Waals surface area contributed by atoms with Crippen molar-refractivity contribution in [1.29, 1.82) is 5.41 Å². The fourth-order valence-corrected chi connectivity index (χ4v) is 2.77. The molecular weight excluding hydrogens is 354 g/mol. The number of amides is 1. The molecule has 2 rings (SSSR count). The van der Waals surface area contributed by atoms with Gasteiger partial charge in [-0.05, 0) is 30.6 Å². The van der Waals surface area contributed by atoms with Crippen LogP contribution >= 0.6 is 0 Å². The highest BCUT2D eigenvalue weighted by Gasteiger charge is 2.27. The lowest BCUT2D eigenvalue weighted by Crippen LogP contribution is -2.45. The van der Waals surface area contributed by atoms with Gasteiger partial charge < -0.3 is 15.5 Å². The molecule has 0 radical (unpaired) electrons. The Bertz CT molecular complexity index is 879. The lowest BCUT2D eigenvalue weighted by Gasteiger charge is -2.19. The number of ether oxygens (including phenoxy) is 1. The lowest BCUT2D eigenvalue weighted by molar-refractivity contribution is -0.911. The van der Waals surface area contributed by atoms with Crippen LogP contribution in [0, 0.1) is 11.3 Å². The summed E-state index contributed by atoms with van der Waals surface area (Å²) in [6.45, 7) is 11.8. The number of carbonyl (C=O) groups is 1. The molecule has 1 atom stereocenters. The van der Waals surface area contributed by atoms with E-state index in [9.17, 15) is 10.0 Å². The van der Waals surface area contributed by atoms with Crippen LogP contribution in [0.1, 0.15) is 49.8 Å². The number of rotatable bonds is 7. The van der Waals surface area contributed by atoms with Crippen LogP contribution in [-0.4, -0.2) is 23.4 Å². The third kappa shape index (κ3) is 4.76. The maximum absolute atomic E-state index is 12.8. The molecule has 1 heterocycles. The second kappa shape index (κ2) is 9.17. The largest absolute Gasteiger partial charge is 0.492 e. The van der Waals surface area contributed by atoms with E-state index in [4.69, 9.17) is 10.1 Å². The summed E-state index contributed by atoms with van der Waals surface area (Å²) in [7, 11) is 0. The molecule has 0 spiro atoms. The summed E-state index contributed by atoms with van der Waals surface area (Å²) >= 11 is 0. The minimum atomic E-state index is -0.466. The summed E-state index contributed by atoms with van der Waals surface area (Å²) in [6.07, 6.45) is 6.96. The number of nitrogens with one attached hydrogen (secondary N) is 2. The Kier molecular flexibility index (Phi) is 6.93. The van der Waals surface area contributed by atoms with Crippen LogP contribution in [0.5, 0.6) is 0 Å². The molecular formula is C22H28N3O3+. The first kappa shape index (κ1) is 21.2. The van der Waals surface area contributed by atoms with Gasteiger partial charge in [-0.3, -0.25) is 10.0 Å². The third-order valence-electron chi connectivity index (χ3n) is 4.33. The summed E-state index contributed by atoms with van der Waals surface area (Å²) in [4.78, 5) is 12.8. The number of hydrogen-bond donors (Lipinski definition) is 3. The SMILES string of the molecule is C=CC(C)/C=C1/C=C(NC(=O)c2cccc(C(C)C)[n+]2O)C(OCC)=CC1=N. The van der Waals surface area contributed by atoms with Gasteiger partial charge in [-0.1, -0.05) is 32.9 Å². The number of aromatic nitrogens is 1. The Morgan fingerprint density at radius 1 is 1.36 bits per heavy atom. The van der Waals surface area contributed by atoms with Crippen molar-refractivity contribution in [2.45, 2.75) is 33.6 Å². The quantitative estimate of drug-likeness (QED) is 0.382. The summed E-state index contributed by atoms with van der Waals surface area (Å²) in [5.41, 5.74) is 2.16. The molecule has 6 heteroatoms. The van der Waals surface area contributed by atoms with Gasteiger partial charge in [0.05, 0.1) is 18.0 Å². The Labute approximate surface area is 166 Å². The van der Waals surface area contributed by atoms with Crippen LogP contribution in [-0.2, 0) is 4.74 Å². The van der Waals surface area contributed by atoms with E-state index in [0.29, 0.717) is 35.0 Å². The van der Waals surface area contributed by atoms with Crippen molar-refractivity contribution in [1.82, 2.24) is 5.32 Å². The number of pyridine rings is 1. The van der Waals surface area contributed by atoms with E-state index in [1.165, 1.54) is 0 Å². The molecule has 1 aromatic heterocycles. The fraction of sp³-hybridized carbons (Fsp3) is 0.318. The third-order valence-corrected chi connectivity index (χ3v) is 4.33. The van der Waals surface area contributed by atoms with E-state index < -0.39 is 5.91 Å². The van der Waals surface area contributed by atoms with Crippen molar-refractivity contribution >= 4 is 11.6 Å². The highest BCUT2D eigenvalue weighted by Crippen LogP contribution is 2.22. The summed E-state index contributed by atoms with van der Waals surface area (Å²) in [5, 5.41) is 21.4. The van der Waals surface area contributed by atoms with E-state index >= 15 is 0 Å². The smallest absolute Gasteiger partial charge is 0.325 e. The Balaban J connectivity index is 2.39. The van der Waals surface area contributed by atoms with E-state index in [1.807, 2.05) is 33.8 Å². The minimum Gasteiger partial charge on any atom is -0.492 e. The predicted molar refractivity (Wildman–Crippen MR) is 108 cm³/mol. The monoisotopic (exact) mass is 382 g/mol. The zero-order chi connectivity index (χ0) is 20.8. The van der Waals surface area contributed by atoms with Crippen LogP contribution in [0.3, 0.4) is 0 Å². The van der Waals surface area contributed by atoms with Gasteiger partial charge in [0, 0.05) is 28.9 Å². The number of hydrogen-bond acceptors (Lipinski definition) is 4. The van der Waals surface area contributed by atoms with Gasteiger partial charge in [0.1, 0.15) is 5.76 Å². The van der Waals surface area contributed by atoms with Crippen LogP contribution in [0.25, 0.3) is 0 Å². The van der Waals surface area contributed by atoms with Crippen molar-refractivity contribution in [3.05, 3.63) is 77.5 Å². The Morgan fingerprint density at radius 3 is 2.68 bits per heavy atom. The molecule has 3 N–H and O–H groups in total. The van der Waals surface area contributed by atoms with E-state index in [-0.39, 0.29) is 17.5 Å². The summed E-state index contributed by atoms with van der Waals surface area (Å²) in [5.74, 6) is 0.0778. The van der Waals surface area contributed by atoms with Gasteiger partial charge in [0.25, 0.3) is 0 Å². The van der Waals surface area contributed by atoms with Gasteiger partial charge in [-0.25, -0.2) is 0 Å². The minimum absolute atomic E-state index is 0.0564. The normalized spacial score (nSPS) is 16.5. The molecule has 0 saturated heterocycles. The van der Waals surface area contributed by atoms with E-state index in [1.54, 1.807) is 36.4 Å². The average Bonchev–Trinajstić information content (AvgIpc) is 2.65. The molecule has 1 amide bonds. The maximum Gasteiger partial charge on any atom is 0.325 e. The molecule has 148 valence electrons. The van der Waals surface area contributed by atoms with Crippen LogP contribution < -0.4 is 10.0 Å². The topological polar surface area (TPSA) is 86.3 Å². The van der Waals surface area contributed by atoms with Crippen molar-refractivity contribution in [2.24, 2.45) is 5.92 Å². The van der Waals surface area contributed by atoms with Gasteiger partial charge >= 0.3 is 11.6 Å². The average molecular weight is 382 g/mol. The fourth-order valence-electron chi connectivity index (χ4n) is 2.77. The summed E-state index contributed by atoms with van der Waals surface area (Å²) < 4.78 is 6.50. The summed E-state index contributed by atoms with van der Waals surface area (Å²) in [6, 6.07) is 5.05. The number of nitrogens with zero attached hydrogens (tertiary/aromatic N) is 1. The molecule has 1 aliphatic rings. The lowest BCUT2D eigenvalue weighted by atomic mass is 9.98. The van der Waals surface area contributed by atoms with Crippen molar-refractivity contribution in [3.63, 3.8) is 0 Å². The zero-order valence-corrected chi connectivity index (χ0v) is 16.8. The van der Waals surface area contributed by atoms with Crippen LogP contribution in [0.2, 0.25) is 0 Å². The number of allylic oxidation sites excluding steroid dienone is 5. The number of carbonyl (C=O) groups excluding carboxylic acids is 1. The van der Waals surface area contributed by atoms with E-state index in [2.05, 4.69) is 11.9 Å². The van der Waals surface area contributed by atoms with Crippen LogP contribution in [0.4, 0.5) is 0 Å². The van der Waals surface area contributed by atoms with E-state index in [0.717, 1.165) is 4.73 Å². The van der Waals surface area contributed by atoms with Gasteiger partial charge in [0.15, 0.2) is 0 Å². The maximum atomic E-state index is 12.8. The molecule has 0 fully saturated rings. The molecule has 1 unspecified atom stereocenters. The Morgan fingerprint density at radius 2 is 2.07 bits per heavy atom. The molecule has 28 heavy (non-hydrogen) atoms. The molecule has 6 nitrogen and oxygen atoms in total.